The highest BCUT2D eigenvalue weighted by atomic mass is 35.5. The zero-order valence-corrected chi connectivity index (χ0v) is 24.6. The highest BCUT2D eigenvalue weighted by Crippen LogP contribution is 2.32. The number of carboxylic acid groups (broad SMARTS) is 1. The van der Waals surface area contributed by atoms with Crippen LogP contribution in [0.3, 0.4) is 0 Å². The molecule has 1 aliphatic rings. The Morgan fingerprint density at radius 3 is 2.49 bits per heavy atom. The lowest BCUT2D eigenvalue weighted by Crippen LogP contribution is -2.40. The summed E-state index contributed by atoms with van der Waals surface area (Å²) in [4.78, 5) is 44.2. The van der Waals surface area contributed by atoms with Gasteiger partial charge in [0.1, 0.15) is 11.5 Å². The van der Waals surface area contributed by atoms with Gasteiger partial charge in [0.05, 0.1) is 32.4 Å². The Labute approximate surface area is 254 Å². The number of furan rings is 1. The maximum Gasteiger partial charge on any atom is 0.335 e. The minimum atomic E-state index is -1.08. The quantitative estimate of drug-likeness (QED) is 0.253. The average Bonchev–Trinajstić information content (AvgIpc) is 3.57. The zero-order chi connectivity index (χ0) is 30.2. The van der Waals surface area contributed by atoms with Crippen LogP contribution in [0.4, 0.5) is 5.69 Å². The van der Waals surface area contributed by atoms with Crippen molar-refractivity contribution in [1.29, 1.82) is 0 Å². The number of anilines is 1. The molecule has 43 heavy (non-hydrogen) atoms. The van der Waals surface area contributed by atoms with Crippen molar-refractivity contribution in [2.45, 2.75) is 19.9 Å². The van der Waals surface area contributed by atoms with Gasteiger partial charge in [-0.25, -0.2) is 9.79 Å². The van der Waals surface area contributed by atoms with E-state index in [9.17, 15) is 19.5 Å². The summed E-state index contributed by atoms with van der Waals surface area (Å²) in [6.07, 6.45) is 1.61. The number of carbonyl (C=O) groups is 2. The number of amides is 1. The second kappa shape index (κ2) is 11.4. The molecule has 214 valence electrons. The lowest BCUT2D eigenvalue weighted by molar-refractivity contribution is -0.113. The molecule has 1 atom stereocenters. The maximum absolute atomic E-state index is 14.0. The fourth-order valence-electron chi connectivity index (χ4n) is 4.95. The lowest BCUT2D eigenvalue weighted by atomic mass is 9.94. The zero-order valence-electron chi connectivity index (χ0n) is 23.0. The predicted octanol–water partition coefficient (Wildman–Crippen LogP) is 5.79. The standard InChI is InChI=1S/C33H24ClN3O5S/c1-18-8-10-20(11-9-18)29-28(30(38)36-22-6-4-3-5-7-22)19(2)35-33-37(29)31(39)27(43-33)17-23-13-15-26(42-23)24-16-21(32(40)41)12-14-25(24)34/h3-17,29H,1-2H3,(H,36,38)(H,40,41)/b27-17-/t29-/m0/s1. The van der Waals surface area contributed by atoms with Crippen molar-refractivity contribution in [2.24, 2.45) is 4.99 Å². The minimum absolute atomic E-state index is 0.0734. The van der Waals surface area contributed by atoms with Crippen molar-refractivity contribution in [2.75, 3.05) is 5.32 Å². The number of aromatic nitrogens is 1. The number of benzene rings is 3. The van der Waals surface area contributed by atoms with Gasteiger partial charge in [-0.1, -0.05) is 71.0 Å². The molecule has 0 fully saturated rings. The number of aryl methyl sites for hydroxylation is 1. The number of carboxylic acids is 1. The Kier molecular flexibility index (Phi) is 7.43. The highest BCUT2D eigenvalue weighted by Gasteiger charge is 2.32. The largest absolute Gasteiger partial charge is 0.478 e. The van der Waals surface area contributed by atoms with Gasteiger partial charge in [0, 0.05) is 17.3 Å². The molecule has 3 aromatic carbocycles. The number of para-hydroxylation sites is 1. The van der Waals surface area contributed by atoms with Crippen molar-refractivity contribution >= 4 is 46.6 Å². The van der Waals surface area contributed by atoms with Gasteiger partial charge < -0.3 is 14.8 Å². The topological polar surface area (TPSA) is 114 Å². The molecule has 5 aromatic rings. The number of allylic oxidation sites excluding steroid dienone is 1. The van der Waals surface area contributed by atoms with Gasteiger partial charge in [0.25, 0.3) is 11.5 Å². The van der Waals surface area contributed by atoms with Gasteiger partial charge in [-0.15, -0.1) is 0 Å². The van der Waals surface area contributed by atoms with Crippen LogP contribution >= 0.6 is 22.9 Å². The molecular formula is C33H24ClN3O5S. The Morgan fingerprint density at radius 2 is 1.77 bits per heavy atom. The summed E-state index contributed by atoms with van der Waals surface area (Å²) in [5.74, 6) is -0.688. The van der Waals surface area contributed by atoms with Crippen LogP contribution in [0, 0.1) is 6.92 Å². The van der Waals surface area contributed by atoms with E-state index in [1.807, 2.05) is 49.4 Å². The number of hydrogen-bond acceptors (Lipinski definition) is 6. The molecule has 2 aromatic heterocycles. The summed E-state index contributed by atoms with van der Waals surface area (Å²) in [5, 5.41) is 12.6. The molecule has 0 bridgehead atoms. The molecule has 0 saturated heterocycles. The van der Waals surface area contributed by atoms with Gasteiger partial charge in [-0.3, -0.25) is 14.2 Å². The summed E-state index contributed by atoms with van der Waals surface area (Å²) in [5.41, 5.74) is 3.52. The summed E-state index contributed by atoms with van der Waals surface area (Å²) >= 11 is 7.52. The molecule has 1 amide bonds. The van der Waals surface area contributed by atoms with E-state index in [0.717, 1.165) is 11.1 Å². The third kappa shape index (κ3) is 5.48. The maximum atomic E-state index is 14.0. The summed E-state index contributed by atoms with van der Waals surface area (Å²) in [7, 11) is 0. The van der Waals surface area contributed by atoms with Gasteiger partial charge in [-0.05, 0) is 61.9 Å². The number of fused-ring (bicyclic) bond motifs is 1. The highest BCUT2D eigenvalue weighted by molar-refractivity contribution is 7.07. The third-order valence-electron chi connectivity index (χ3n) is 7.07. The first-order valence-electron chi connectivity index (χ1n) is 13.3. The van der Waals surface area contributed by atoms with Crippen molar-refractivity contribution in [3.63, 3.8) is 0 Å². The van der Waals surface area contributed by atoms with Crippen LogP contribution in [0.2, 0.25) is 5.02 Å². The van der Waals surface area contributed by atoms with Gasteiger partial charge in [-0.2, -0.15) is 0 Å². The smallest absolute Gasteiger partial charge is 0.335 e. The molecule has 8 nitrogen and oxygen atoms in total. The third-order valence-corrected chi connectivity index (χ3v) is 8.38. The van der Waals surface area contributed by atoms with E-state index in [1.54, 1.807) is 41.8 Å². The number of nitrogens with one attached hydrogen (secondary N) is 1. The molecule has 1 aliphatic heterocycles. The van der Waals surface area contributed by atoms with Crippen LogP contribution in [0.15, 0.2) is 110 Å². The SMILES string of the molecule is CC1=C(C(=O)Nc2ccccc2)[C@H](c2ccc(C)cc2)n2c(s/c(=C\c3ccc(-c4cc(C(=O)O)ccc4Cl)o3)c2=O)=N1. The summed E-state index contributed by atoms with van der Waals surface area (Å²) in [6.45, 7) is 3.74. The normalized spacial score (nSPS) is 14.8. The van der Waals surface area contributed by atoms with Crippen molar-refractivity contribution in [3.05, 3.63) is 143 Å². The Bertz CT molecular complexity index is 2110. The molecular weight excluding hydrogens is 586 g/mol. The number of rotatable bonds is 6. The van der Waals surface area contributed by atoms with Crippen molar-refractivity contribution in [3.8, 4) is 11.3 Å². The number of hydrogen-bond donors (Lipinski definition) is 2. The van der Waals surface area contributed by atoms with E-state index in [4.69, 9.17) is 16.0 Å². The first-order chi connectivity index (χ1) is 20.7. The fraction of sp³-hybridized carbons (Fsp3) is 0.0909. The van der Waals surface area contributed by atoms with Crippen LogP contribution in [0.25, 0.3) is 17.4 Å². The number of halogens is 1. The predicted molar refractivity (Wildman–Crippen MR) is 166 cm³/mol. The number of aromatic carboxylic acids is 1. The average molecular weight is 610 g/mol. The Morgan fingerprint density at radius 1 is 1.02 bits per heavy atom. The van der Waals surface area contributed by atoms with E-state index in [0.29, 0.717) is 48.4 Å². The molecule has 2 N–H and O–H groups in total. The van der Waals surface area contributed by atoms with Gasteiger partial charge in [0.2, 0.25) is 0 Å². The van der Waals surface area contributed by atoms with Crippen molar-refractivity contribution < 1.29 is 19.1 Å². The Hall–Kier alpha value is -4.99. The van der Waals surface area contributed by atoms with Crippen LogP contribution in [-0.2, 0) is 4.79 Å². The first kappa shape index (κ1) is 28.1. The Balaban J connectivity index is 1.44. The van der Waals surface area contributed by atoms with Crippen LogP contribution in [0.5, 0.6) is 0 Å². The molecule has 0 unspecified atom stereocenters. The summed E-state index contributed by atoms with van der Waals surface area (Å²) in [6, 6.07) is 23.9. The van der Waals surface area contributed by atoms with Crippen LogP contribution in [-0.4, -0.2) is 21.6 Å². The van der Waals surface area contributed by atoms with E-state index in [1.165, 1.54) is 29.5 Å². The molecule has 10 heteroatoms. The first-order valence-corrected chi connectivity index (χ1v) is 14.5. The van der Waals surface area contributed by atoms with E-state index >= 15 is 0 Å². The van der Waals surface area contributed by atoms with E-state index in [-0.39, 0.29) is 17.0 Å². The van der Waals surface area contributed by atoms with Gasteiger partial charge in [0.15, 0.2) is 4.80 Å². The van der Waals surface area contributed by atoms with E-state index in [2.05, 4.69) is 10.3 Å². The molecule has 6 rings (SSSR count). The van der Waals surface area contributed by atoms with Crippen molar-refractivity contribution in [1.82, 2.24) is 4.57 Å². The molecule has 0 aliphatic carbocycles. The van der Waals surface area contributed by atoms with Crippen LogP contribution in [0.1, 0.15) is 40.2 Å². The molecule has 0 saturated carbocycles. The number of thiazole rings is 1. The number of nitrogens with zero attached hydrogens (tertiary/aromatic N) is 2. The monoisotopic (exact) mass is 609 g/mol. The van der Waals surface area contributed by atoms with E-state index < -0.39 is 12.0 Å². The van der Waals surface area contributed by atoms with Crippen LogP contribution < -0.4 is 20.2 Å². The lowest BCUT2D eigenvalue weighted by Gasteiger charge is -2.25. The molecule has 3 heterocycles. The molecule has 0 radical (unpaired) electrons. The fourth-order valence-corrected chi connectivity index (χ4v) is 6.18. The second-order valence-corrected chi connectivity index (χ2v) is 11.4. The summed E-state index contributed by atoms with van der Waals surface area (Å²) < 4.78 is 7.88. The number of carbonyl (C=O) groups excluding carboxylic acids is 1. The van der Waals surface area contributed by atoms with Gasteiger partial charge >= 0.3 is 5.97 Å². The second-order valence-electron chi connectivity index (χ2n) is 10.0. The molecule has 0 spiro atoms. The minimum Gasteiger partial charge on any atom is -0.478 e.